The molecule has 0 amide bonds. The van der Waals surface area contributed by atoms with Gasteiger partial charge in [-0.3, -0.25) is 4.79 Å². The third-order valence-corrected chi connectivity index (χ3v) is 5.48. The summed E-state index contributed by atoms with van der Waals surface area (Å²) in [4.78, 5) is 12.0. The van der Waals surface area contributed by atoms with E-state index in [9.17, 15) is 4.79 Å². The zero-order valence-corrected chi connectivity index (χ0v) is 16.3. The van der Waals surface area contributed by atoms with E-state index in [1.807, 2.05) is 6.92 Å². The molecule has 1 N–H and O–H groups in total. The van der Waals surface area contributed by atoms with Crippen molar-refractivity contribution in [3.8, 4) is 0 Å². The van der Waals surface area contributed by atoms with Crippen LogP contribution in [0.25, 0.3) is 0 Å². The number of hydrogen-bond acceptors (Lipinski definition) is 5. The van der Waals surface area contributed by atoms with Crippen LogP contribution in [0.4, 0.5) is 0 Å². The van der Waals surface area contributed by atoms with Crippen molar-refractivity contribution in [2.75, 3.05) is 33.0 Å². The second-order valence-corrected chi connectivity index (χ2v) is 7.48. The first kappa shape index (κ1) is 21.5. The molecule has 150 valence electrons. The number of allylic oxidation sites excluding steroid dienone is 1. The van der Waals surface area contributed by atoms with Crippen LogP contribution in [0.3, 0.4) is 0 Å². The Morgan fingerprint density at radius 1 is 1.19 bits per heavy atom. The van der Waals surface area contributed by atoms with Crippen LogP contribution in [0.15, 0.2) is 12.2 Å². The molecule has 1 spiro atoms. The second-order valence-electron chi connectivity index (χ2n) is 7.48. The Kier molecular flexibility index (Phi) is 9.83. The fourth-order valence-electron chi connectivity index (χ4n) is 4.18. The minimum Gasteiger partial charge on any atom is -0.396 e. The van der Waals surface area contributed by atoms with Crippen LogP contribution in [-0.4, -0.2) is 49.7 Å². The molecule has 2 rings (SSSR count). The summed E-state index contributed by atoms with van der Waals surface area (Å²) in [7, 11) is 0. The maximum atomic E-state index is 12.0. The molecule has 0 aromatic rings. The smallest absolute Gasteiger partial charge is 0.180 e. The molecule has 0 radical (unpaired) electrons. The summed E-state index contributed by atoms with van der Waals surface area (Å²) in [6, 6.07) is 0. The number of rotatable bonds is 13. The first-order valence-corrected chi connectivity index (χ1v) is 10.4. The molecular weight excluding hydrogens is 332 g/mol. The number of aliphatic hydroxyl groups is 1. The van der Waals surface area contributed by atoms with Gasteiger partial charge in [-0.15, -0.1) is 0 Å². The molecule has 5 nitrogen and oxygen atoms in total. The van der Waals surface area contributed by atoms with E-state index in [1.165, 1.54) is 6.42 Å². The molecule has 5 heteroatoms. The Labute approximate surface area is 158 Å². The Hall–Kier alpha value is -0.750. The van der Waals surface area contributed by atoms with Crippen LogP contribution in [0.5, 0.6) is 0 Å². The summed E-state index contributed by atoms with van der Waals surface area (Å²) in [5.74, 6) is 0.265. The standard InChI is InChI=1S/C21H36O5/c1-2-14-24-17-19(23)10-9-18-11-12-21(25-15-16-26-21)20(18)8-6-4-3-5-7-13-22/h9-10,18,20,22H,2-8,11-17H2,1H3. The summed E-state index contributed by atoms with van der Waals surface area (Å²) in [6.45, 7) is 4.47. The van der Waals surface area contributed by atoms with Crippen molar-refractivity contribution in [3.63, 3.8) is 0 Å². The van der Waals surface area contributed by atoms with Gasteiger partial charge < -0.3 is 19.3 Å². The van der Waals surface area contributed by atoms with Gasteiger partial charge in [-0.2, -0.15) is 0 Å². The van der Waals surface area contributed by atoms with E-state index in [0.29, 0.717) is 31.7 Å². The lowest BCUT2D eigenvalue weighted by atomic mass is 9.87. The highest BCUT2D eigenvalue weighted by Gasteiger charge is 2.51. The van der Waals surface area contributed by atoms with Crippen molar-refractivity contribution in [1.29, 1.82) is 0 Å². The Bertz CT molecular complexity index is 428. The third kappa shape index (κ3) is 6.45. The molecule has 1 aliphatic carbocycles. The monoisotopic (exact) mass is 368 g/mol. The van der Waals surface area contributed by atoms with E-state index in [-0.39, 0.29) is 19.0 Å². The Balaban J connectivity index is 1.84. The van der Waals surface area contributed by atoms with E-state index in [0.717, 1.165) is 51.4 Å². The van der Waals surface area contributed by atoms with Crippen molar-refractivity contribution in [2.24, 2.45) is 11.8 Å². The van der Waals surface area contributed by atoms with Crippen LogP contribution in [-0.2, 0) is 19.0 Å². The molecule has 2 aliphatic rings. The fourth-order valence-corrected chi connectivity index (χ4v) is 4.18. The highest BCUT2D eigenvalue weighted by molar-refractivity contribution is 5.90. The number of carbonyl (C=O) groups excluding carboxylic acids is 1. The van der Waals surface area contributed by atoms with Crippen LogP contribution in [0.2, 0.25) is 0 Å². The highest BCUT2D eigenvalue weighted by Crippen LogP contribution is 2.48. The molecule has 0 bridgehead atoms. The first-order valence-electron chi connectivity index (χ1n) is 10.4. The molecule has 2 atom stereocenters. The normalized spacial score (nSPS) is 24.8. The first-order chi connectivity index (χ1) is 12.7. The van der Waals surface area contributed by atoms with Gasteiger partial charge in [-0.25, -0.2) is 0 Å². The Morgan fingerprint density at radius 3 is 2.65 bits per heavy atom. The summed E-state index contributed by atoms with van der Waals surface area (Å²) in [5, 5.41) is 8.86. The van der Waals surface area contributed by atoms with E-state index in [4.69, 9.17) is 19.3 Å². The van der Waals surface area contributed by atoms with E-state index < -0.39 is 5.79 Å². The van der Waals surface area contributed by atoms with Gasteiger partial charge in [0.15, 0.2) is 11.6 Å². The lowest BCUT2D eigenvalue weighted by molar-refractivity contribution is -0.186. The third-order valence-electron chi connectivity index (χ3n) is 5.48. The van der Waals surface area contributed by atoms with Crippen molar-refractivity contribution in [1.82, 2.24) is 0 Å². The maximum absolute atomic E-state index is 12.0. The minimum absolute atomic E-state index is 0.0374. The Morgan fingerprint density at radius 2 is 1.92 bits per heavy atom. The number of ether oxygens (including phenoxy) is 3. The minimum atomic E-state index is -0.429. The van der Waals surface area contributed by atoms with Crippen LogP contribution in [0, 0.1) is 11.8 Å². The van der Waals surface area contributed by atoms with E-state index in [1.54, 1.807) is 6.08 Å². The predicted octanol–water partition coefficient (Wildman–Crippen LogP) is 3.64. The number of ketones is 1. The lowest BCUT2D eigenvalue weighted by Crippen LogP contribution is -2.36. The summed E-state index contributed by atoms with van der Waals surface area (Å²) < 4.78 is 17.4. The highest BCUT2D eigenvalue weighted by atomic mass is 16.7. The zero-order chi connectivity index (χ0) is 18.7. The average molecular weight is 369 g/mol. The fraction of sp³-hybridized carbons (Fsp3) is 0.857. The molecule has 2 fully saturated rings. The SMILES string of the molecule is CCCOCC(=O)C=CC1CCC2(OCCO2)C1CCCCCCCO. The number of carbonyl (C=O) groups is 1. The lowest BCUT2D eigenvalue weighted by Gasteiger charge is -2.31. The van der Waals surface area contributed by atoms with Gasteiger partial charge in [0.25, 0.3) is 0 Å². The van der Waals surface area contributed by atoms with Gasteiger partial charge in [0.1, 0.15) is 6.61 Å². The molecular formula is C21H36O5. The largest absolute Gasteiger partial charge is 0.396 e. The van der Waals surface area contributed by atoms with Crippen molar-refractivity contribution >= 4 is 5.78 Å². The van der Waals surface area contributed by atoms with Gasteiger partial charge in [-0.05, 0) is 37.7 Å². The number of hydrogen-bond donors (Lipinski definition) is 1. The quantitative estimate of drug-likeness (QED) is 0.397. The molecule has 1 saturated heterocycles. The van der Waals surface area contributed by atoms with E-state index >= 15 is 0 Å². The summed E-state index contributed by atoms with van der Waals surface area (Å²) >= 11 is 0. The van der Waals surface area contributed by atoms with E-state index in [2.05, 4.69) is 6.08 Å². The molecule has 2 unspecified atom stereocenters. The van der Waals surface area contributed by atoms with Gasteiger partial charge in [0.2, 0.25) is 0 Å². The molecule has 1 saturated carbocycles. The number of aliphatic hydroxyl groups excluding tert-OH is 1. The van der Waals surface area contributed by atoms with Crippen molar-refractivity contribution < 1.29 is 24.1 Å². The molecule has 1 heterocycles. The van der Waals surface area contributed by atoms with Crippen molar-refractivity contribution in [2.45, 2.75) is 70.5 Å². The predicted molar refractivity (Wildman–Crippen MR) is 101 cm³/mol. The average Bonchev–Trinajstić information content (AvgIpc) is 3.25. The van der Waals surface area contributed by atoms with Gasteiger partial charge in [0, 0.05) is 25.6 Å². The molecule has 26 heavy (non-hydrogen) atoms. The topological polar surface area (TPSA) is 65.0 Å². The maximum Gasteiger partial charge on any atom is 0.180 e. The van der Waals surface area contributed by atoms with Crippen LogP contribution in [0.1, 0.15) is 64.7 Å². The molecule has 0 aromatic heterocycles. The van der Waals surface area contributed by atoms with Crippen molar-refractivity contribution in [3.05, 3.63) is 12.2 Å². The number of unbranched alkanes of at least 4 members (excludes halogenated alkanes) is 4. The van der Waals surface area contributed by atoms with Gasteiger partial charge in [0.05, 0.1) is 13.2 Å². The molecule has 0 aromatic carbocycles. The second kappa shape index (κ2) is 11.9. The zero-order valence-electron chi connectivity index (χ0n) is 16.3. The van der Waals surface area contributed by atoms with Crippen LogP contribution < -0.4 is 0 Å². The molecule has 1 aliphatic heterocycles. The summed E-state index contributed by atoms with van der Waals surface area (Å²) in [5.41, 5.74) is 0. The van der Waals surface area contributed by atoms with Gasteiger partial charge in [-0.1, -0.05) is 38.7 Å². The summed E-state index contributed by atoms with van der Waals surface area (Å²) in [6.07, 6.45) is 13.1. The van der Waals surface area contributed by atoms with Crippen LogP contribution >= 0.6 is 0 Å². The van der Waals surface area contributed by atoms with Gasteiger partial charge >= 0.3 is 0 Å².